The average molecular weight is 493 g/mol. The Morgan fingerprint density at radius 1 is 0.917 bits per heavy atom. The van der Waals surface area contributed by atoms with E-state index in [1.54, 1.807) is 17.2 Å². The number of rotatable bonds is 4. The summed E-state index contributed by atoms with van der Waals surface area (Å²) in [6.07, 6.45) is 2.29. The Morgan fingerprint density at radius 2 is 1.67 bits per heavy atom. The topological polar surface area (TPSA) is 65.5 Å². The van der Waals surface area contributed by atoms with Crippen molar-refractivity contribution in [3.05, 3.63) is 89.1 Å². The summed E-state index contributed by atoms with van der Waals surface area (Å²) in [6, 6.07) is 14.2. The molecular formula is C28H30F2N4O2. The van der Waals surface area contributed by atoms with Crippen molar-refractivity contribution in [2.75, 3.05) is 36.4 Å². The number of carbonyl (C=O) groups excluding carboxylic acids is 2. The average Bonchev–Trinajstić information content (AvgIpc) is 3.10. The molecule has 188 valence electrons. The molecule has 2 aromatic carbocycles. The fourth-order valence-electron chi connectivity index (χ4n) is 4.15. The predicted molar refractivity (Wildman–Crippen MR) is 136 cm³/mol. The number of anilines is 2. The van der Waals surface area contributed by atoms with Crippen molar-refractivity contribution in [2.24, 2.45) is 0 Å². The monoisotopic (exact) mass is 492 g/mol. The van der Waals surface area contributed by atoms with Gasteiger partial charge in [-0.3, -0.25) is 9.59 Å². The van der Waals surface area contributed by atoms with E-state index in [-0.39, 0.29) is 16.9 Å². The molecule has 1 fully saturated rings. The molecular weight excluding hydrogens is 462 g/mol. The Labute approximate surface area is 209 Å². The van der Waals surface area contributed by atoms with Crippen LogP contribution in [0, 0.1) is 11.6 Å². The number of nitrogens with zero attached hydrogens (tertiary/aromatic N) is 3. The number of aromatic nitrogens is 1. The number of halogens is 2. The molecule has 4 rings (SSSR count). The second kappa shape index (κ2) is 10.4. The summed E-state index contributed by atoms with van der Waals surface area (Å²) < 4.78 is 27.3. The van der Waals surface area contributed by atoms with Gasteiger partial charge in [-0.15, -0.1) is 0 Å². The van der Waals surface area contributed by atoms with E-state index in [0.29, 0.717) is 43.9 Å². The first-order valence-corrected chi connectivity index (χ1v) is 12.0. The van der Waals surface area contributed by atoms with Gasteiger partial charge < -0.3 is 15.1 Å². The third kappa shape index (κ3) is 5.87. The molecule has 1 aromatic heterocycles. The van der Waals surface area contributed by atoms with Gasteiger partial charge in [-0.1, -0.05) is 32.9 Å². The number of pyridine rings is 1. The molecule has 8 heteroatoms. The second-order valence-electron chi connectivity index (χ2n) is 9.94. The maximum absolute atomic E-state index is 14.1. The molecule has 0 aliphatic carbocycles. The number of hydrogen-bond donors (Lipinski definition) is 1. The van der Waals surface area contributed by atoms with Crippen LogP contribution in [0.2, 0.25) is 0 Å². The van der Waals surface area contributed by atoms with E-state index in [4.69, 9.17) is 0 Å². The van der Waals surface area contributed by atoms with Crippen LogP contribution in [0.5, 0.6) is 0 Å². The first-order valence-electron chi connectivity index (χ1n) is 12.0. The third-order valence-corrected chi connectivity index (χ3v) is 6.29. The predicted octanol–water partition coefficient (Wildman–Crippen LogP) is 5.26. The van der Waals surface area contributed by atoms with E-state index in [2.05, 4.69) is 31.1 Å². The van der Waals surface area contributed by atoms with E-state index < -0.39 is 17.5 Å². The minimum Gasteiger partial charge on any atom is -0.355 e. The van der Waals surface area contributed by atoms with Crippen molar-refractivity contribution in [2.45, 2.75) is 32.6 Å². The van der Waals surface area contributed by atoms with Crippen LogP contribution in [0.25, 0.3) is 0 Å². The molecule has 0 spiro atoms. The SMILES string of the molecule is CC(C)(C)c1ccc(C(=O)Nc2ccc(N3CCCN(C(=O)c4ccc(F)cc4F)CC3)nc2)cc1. The molecule has 1 aliphatic rings. The normalized spacial score (nSPS) is 14.4. The maximum atomic E-state index is 14.1. The summed E-state index contributed by atoms with van der Waals surface area (Å²) in [5, 5.41) is 2.87. The molecule has 0 radical (unpaired) electrons. The summed E-state index contributed by atoms with van der Waals surface area (Å²) >= 11 is 0. The fourth-order valence-corrected chi connectivity index (χ4v) is 4.15. The highest BCUT2D eigenvalue weighted by Crippen LogP contribution is 2.23. The highest BCUT2D eigenvalue weighted by atomic mass is 19.1. The summed E-state index contributed by atoms with van der Waals surface area (Å²) in [7, 11) is 0. The Balaban J connectivity index is 1.36. The Kier molecular flexibility index (Phi) is 7.33. The molecule has 1 N–H and O–H groups in total. The van der Waals surface area contributed by atoms with Gasteiger partial charge in [-0.2, -0.15) is 0 Å². The van der Waals surface area contributed by atoms with Gasteiger partial charge in [0.2, 0.25) is 0 Å². The molecule has 6 nitrogen and oxygen atoms in total. The van der Waals surface area contributed by atoms with Gasteiger partial charge in [0, 0.05) is 37.8 Å². The van der Waals surface area contributed by atoms with Crippen LogP contribution in [0.15, 0.2) is 60.8 Å². The molecule has 1 saturated heterocycles. The number of benzene rings is 2. The highest BCUT2D eigenvalue weighted by molar-refractivity contribution is 6.04. The molecule has 0 atom stereocenters. The molecule has 2 amide bonds. The van der Waals surface area contributed by atoms with E-state index in [1.165, 1.54) is 6.07 Å². The van der Waals surface area contributed by atoms with Crippen molar-refractivity contribution >= 4 is 23.3 Å². The minimum atomic E-state index is -0.856. The van der Waals surface area contributed by atoms with Gasteiger partial charge in [-0.25, -0.2) is 13.8 Å². The van der Waals surface area contributed by atoms with Crippen molar-refractivity contribution in [1.29, 1.82) is 0 Å². The number of carbonyl (C=O) groups is 2. The Hall–Kier alpha value is -3.81. The van der Waals surface area contributed by atoms with Crippen LogP contribution in [0.1, 0.15) is 53.5 Å². The van der Waals surface area contributed by atoms with Crippen molar-refractivity contribution in [3.63, 3.8) is 0 Å². The van der Waals surface area contributed by atoms with E-state index in [1.807, 2.05) is 35.2 Å². The summed E-state index contributed by atoms with van der Waals surface area (Å²) in [5.41, 5.74) is 2.20. The van der Waals surface area contributed by atoms with Crippen LogP contribution in [0.3, 0.4) is 0 Å². The van der Waals surface area contributed by atoms with Crippen LogP contribution >= 0.6 is 0 Å². The Morgan fingerprint density at radius 3 is 2.31 bits per heavy atom. The molecule has 3 aromatic rings. The molecule has 1 aliphatic heterocycles. The van der Waals surface area contributed by atoms with Crippen LogP contribution < -0.4 is 10.2 Å². The molecule has 36 heavy (non-hydrogen) atoms. The van der Waals surface area contributed by atoms with Crippen LogP contribution in [-0.2, 0) is 5.41 Å². The van der Waals surface area contributed by atoms with E-state index in [9.17, 15) is 18.4 Å². The lowest BCUT2D eigenvalue weighted by Crippen LogP contribution is -2.35. The van der Waals surface area contributed by atoms with E-state index >= 15 is 0 Å². The number of amides is 2. The quantitative estimate of drug-likeness (QED) is 0.540. The zero-order valence-corrected chi connectivity index (χ0v) is 20.7. The summed E-state index contributed by atoms with van der Waals surface area (Å²) in [6.45, 7) is 8.43. The minimum absolute atomic E-state index is 0.0174. The highest BCUT2D eigenvalue weighted by Gasteiger charge is 2.23. The van der Waals surface area contributed by atoms with Crippen LogP contribution in [0.4, 0.5) is 20.3 Å². The van der Waals surface area contributed by atoms with Crippen molar-refractivity contribution in [3.8, 4) is 0 Å². The van der Waals surface area contributed by atoms with Crippen LogP contribution in [-0.4, -0.2) is 47.9 Å². The first-order chi connectivity index (χ1) is 17.1. The van der Waals surface area contributed by atoms with Gasteiger partial charge in [0.05, 0.1) is 17.4 Å². The fraction of sp³-hybridized carbons (Fsp3) is 0.321. The van der Waals surface area contributed by atoms with Gasteiger partial charge in [0.25, 0.3) is 11.8 Å². The number of nitrogens with one attached hydrogen (secondary N) is 1. The molecule has 0 unspecified atom stereocenters. The zero-order valence-electron chi connectivity index (χ0n) is 20.7. The van der Waals surface area contributed by atoms with Crippen molar-refractivity contribution in [1.82, 2.24) is 9.88 Å². The maximum Gasteiger partial charge on any atom is 0.256 e. The smallest absolute Gasteiger partial charge is 0.256 e. The third-order valence-electron chi connectivity index (χ3n) is 6.29. The lowest BCUT2D eigenvalue weighted by atomic mass is 9.87. The van der Waals surface area contributed by atoms with Gasteiger partial charge in [0.15, 0.2) is 0 Å². The Bertz CT molecular complexity index is 1240. The number of hydrogen-bond acceptors (Lipinski definition) is 4. The molecule has 0 saturated carbocycles. The van der Waals surface area contributed by atoms with Gasteiger partial charge in [-0.05, 0) is 53.8 Å². The van der Waals surface area contributed by atoms with E-state index in [0.717, 1.165) is 23.5 Å². The van der Waals surface area contributed by atoms with Crippen molar-refractivity contribution < 1.29 is 18.4 Å². The largest absolute Gasteiger partial charge is 0.355 e. The molecule has 2 heterocycles. The molecule has 0 bridgehead atoms. The second-order valence-corrected chi connectivity index (χ2v) is 9.94. The standard InChI is InChI=1S/C28H30F2N4O2/c1-28(2,3)20-7-5-19(6-8-20)26(35)32-22-10-12-25(31-18-22)33-13-4-14-34(16-15-33)27(36)23-11-9-21(29)17-24(23)30/h5-12,17-18H,4,13-16H2,1-3H3,(H,32,35). The van der Waals surface area contributed by atoms with Gasteiger partial charge >= 0.3 is 0 Å². The lowest BCUT2D eigenvalue weighted by molar-refractivity contribution is 0.0762. The lowest BCUT2D eigenvalue weighted by Gasteiger charge is -2.23. The zero-order chi connectivity index (χ0) is 25.9. The summed E-state index contributed by atoms with van der Waals surface area (Å²) in [4.78, 5) is 33.5. The first kappa shape index (κ1) is 25.3. The summed E-state index contributed by atoms with van der Waals surface area (Å²) in [5.74, 6) is -1.50. The van der Waals surface area contributed by atoms with Gasteiger partial charge in [0.1, 0.15) is 17.5 Å².